The van der Waals surface area contributed by atoms with E-state index < -0.39 is 0 Å². The normalized spacial score (nSPS) is 13.1. The summed E-state index contributed by atoms with van der Waals surface area (Å²) in [6.07, 6.45) is 3.15. The molecule has 1 atom stereocenters. The van der Waals surface area contributed by atoms with Crippen molar-refractivity contribution < 1.29 is 0 Å². The largest absolute Gasteiger partial charge is 0.369 e. The molecule has 0 bridgehead atoms. The van der Waals surface area contributed by atoms with Crippen LogP contribution in [0.3, 0.4) is 0 Å². The number of thioether (sulfide) groups is 1. The van der Waals surface area contributed by atoms with Crippen molar-refractivity contribution in [3.05, 3.63) is 23.2 Å². The van der Waals surface area contributed by atoms with E-state index in [4.69, 9.17) is 17.3 Å². The number of hydrogen-bond acceptors (Lipinski definition) is 3. The first-order valence-electron chi connectivity index (χ1n) is 5.59. The zero-order valence-electron chi connectivity index (χ0n) is 9.98. The maximum Gasteiger partial charge on any atom is 0.201 e. The molecule has 2 aromatic rings. The number of halogens is 1. The molecule has 0 aliphatic rings. The van der Waals surface area contributed by atoms with Crippen LogP contribution >= 0.6 is 23.4 Å². The first-order chi connectivity index (χ1) is 8.17. The number of anilines is 1. The van der Waals surface area contributed by atoms with E-state index in [-0.39, 0.29) is 0 Å². The first kappa shape index (κ1) is 12.6. The number of benzene rings is 1. The highest BCUT2D eigenvalue weighted by molar-refractivity contribution is 7.98. The van der Waals surface area contributed by atoms with Crippen molar-refractivity contribution in [1.82, 2.24) is 9.55 Å². The third kappa shape index (κ3) is 2.38. The second-order valence-corrected chi connectivity index (χ2v) is 5.34. The molecule has 0 fully saturated rings. The third-order valence-electron chi connectivity index (χ3n) is 2.87. The van der Waals surface area contributed by atoms with E-state index in [2.05, 4.69) is 22.7 Å². The van der Waals surface area contributed by atoms with Gasteiger partial charge in [0.15, 0.2) is 0 Å². The van der Waals surface area contributed by atoms with Gasteiger partial charge >= 0.3 is 0 Å². The monoisotopic (exact) mass is 269 g/mol. The van der Waals surface area contributed by atoms with E-state index in [0.29, 0.717) is 17.0 Å². The zero-order chi connectivity index (χ0) is 12.4. The summed E-state index contributed by atoms with van der Waals surface area (Å²) < 4.78 is 2.11. The van der Waals surface area contributed by atoms with E-state index in [9.17, 15) is 0 Å². The molecule has 2 rings (SSSR count). The molecule has 0 aliphatic carbocycles. The molecule has 1 heterocycles. The molecule has 0 amide bonds. The van der Waals surface area contributed by atoms with E-state index >= 15 is 0 Å². The molecule has 0 aliphatic heterocycles. The topological polar surface area (TPSA) is 43.8 Å². The number of fused-ring (bicyclic) bond motifs is 1. The molecule has 92 valence electrons. The van der Waals surface area contributed by atoms with E-state index in [1.807, 2.05) is 30.0 Å². The number of aromatic nitrogens is 2. The van der Waals surface area contributed by atoms with Crippen LogP contribution < -0.4 is 5.73 Å². The summed E-state index contributed by atoms with van der Waals surface area (Å²) in [5.41, 5.74) is 7.94. The molecule has 0 saturated heterocycles. The van der Waals surface area contributed by atoms with Crippen LogP contribution in [0.5, 0.6) is 0 Å². The van der Waals surface area contributed by atoms with Crippen LogP contribution in [0.4, 0.5) is 5.95 Å². The predicted molar refractivity (Wildman–Crippen MR) is 76.9 cm³/mol. The molecule has 17 heavy (non-hydrogen) atoms. The van der Waals surface area contributed by atoms with E-state index in [1.54, 1.807) is 0 Å². The summed E-state index contributed by atoms with van der Waals surface area (Å²) >= 11 is 7.78. The molecule has 5 heteroatoms. The van der Waals surface area contributed by atoms with Crippen LogP contribution in [-0.4, -0.2) is 21.6 Å². The summed E-state index contributed by atoms with van der Waals surface area (Å²) in [4.78, 5) is 4.37. The molecular weight excluding hydrogens is 254 g/mol. The number of nitrogens with zero attached hydrogens (tertiary/aromatic N) is 2. The zero-order valence-corrected chi connectivity index (χ0v) is 11.6. The number of nitrogens with two attached hydrogens (primary N) is 1. The van der Waals surface area contributed by atoms with Crippen LogP contribution in [0, 0.1) is 0 Å². The van der Waals surface area contributed by atoms with Crippen LogP contribution in [0.25, 0.3) is 11.0 Å². The van der Waals surface area contributed by atoms with Gasteiger partial charge in [-0.1, -0.05) is 18.5 Å². The Labute approximate surface area is 110 Å². The van der Waals surface area contributed by atoms with Crippen LogP contribution in [0.2, 0.25) is 5.02 Å². The minimum atomic E-state index is 0.385. The van der Waals surface area contributed by atoms with Crippen LogP contribution in [0.15, 0.2) is 18.2 Å². The quantitative estimate of drug-likeness (QED) is 0.923. The second kappa shape index (κ2) is 5.19. The number of rotatable bonds is 4. The van der Waals surface area contributed by atoms with Crippen molar-refractivity contribution in [2.45, 2.75) is 19.4 Å². The van der Waals surface area contributed by atoms with E-state index in [0.717, 1.165) is 23.2 Å². The number of nitrogen functional groups attached to an aromatic ring is 1. The average Bonchev–Trinajstić information content (AvgIpc) is 2.61. The van der Waals surface area contributed by atoms with E-state index in [1.165, 1.54) is 0 Å². The Morgan fingerprint density at radius 1 is 1.53 bits per heavy atom. The van der Waals surface area contributed by atoms with Gasteiger partial charge in [-0.15, -0.1) is 0 Å². The van der Waals surface area contributed by atoms with Gasteiger partial charge in [0.05, 0.1) is 11.0 Å². The third-order valence-corrected chi connectivity index (χ3v) is 3.83. The van der Waals surface area contributed by atoms with Gasteiger partial charge in [-0.25, -0.2) is 4.98 Å². The highest BCUT2D eigenvalue weighted by Crippen LogP contribution is 2.28. The second-order valence-electron chi connectivity index (χ2n) is 3.99. The SMILES string of the molecule is CCC(CSC)n1c(N)nc2cc(Cl)ccc21. The molecule has 1 aromatic heterocycles. The van der Waals surface area contributed by atoms with Gasteiger partial charge in [0.25, 0.3) is 0 Å². The van der Waals surface area contributed by atoms with Gasteiger partial charge in [0.1, 0.15) is 0 Å². The van der Waals surface area contributed by atoms with Crippen molar-refractivity contribution >= 4 is 40.3 Å². The van der Waals surface area contributed by atoms with Crippen molar-refractivity contribution in [2.75, 3.05) is 17.7 Å². The molecule has 0 saturated carbocycles. The molecule has 3 nitrogen and oxygen atoms in total. The van der Waals surface area contributed by atoms with Crippen molar-refractivity contribution in [3.63, 3.8) is 0 Å². The van der Waals surface area contributed by atoms with Gasteiger partial charge in [0, 0.05) is 16.8 Å². The Kier molecular flexibility index (Phi) is 3.84. The lowest BCUT2D eigenvalue weighted by Gasteiger charge is -2.17. The molecular formula is C12H16ClN3S. The van der Waals surface area contributed by atoms with Gasteiger partial charge in [0.2, 0.25) is 5.95 Å². The molecule has 2 N–H and O–H groups in total. The number of hydrogen-bond donors (Lipinski definition) is 1. The molecule has 0 spiro atoms. The standard InChI is InChI=1S/C12H16ClN3S/c1-3-9(7-17-2)16-11-5-4-8(13)6-10(11)15-12(16)14/h4-6,9H,3,7H2,1-2H3,(H2,14,15). The minimum Gasteiger partial charge on any atom is -0.369 e. The Hall–Kier alpha value is -0.870. The summed E-state index contributed by atoms with van der Waals surface area (Å²) in [5, 5.41) is 0.695. The Morgan fingerprint density at radius 3 is 2.94 bits per heavy atom. The Balaban J connectivity index is 2.55. The fourth-order valence-electron chi connectivity index (χ4n) is 2.04. The fourth-order valence-corrected chi connectivity index (χ4v) is 2.98. The van der Waals surface area contributed by atoms with Crippen LogP contribution in [-0.2, 0) is 0 Å². The highest BCUT2D eigenvalue weighted by atomic mass is 35.5. The lowest BCUT2D eigenvalue weighted by atomic mass is 10.2. The first-order valence-corrected chi connectivity index (χ1v) is 7.36. The van der Waals surface area contributed by atoms with Crippen molar-refractivity contribution in [3.8, 4) is 0 Å². The van der Waals surface area contributed by atoms with Crippen molar-refractivity contribution in [2.24, 2.45) is 0 Å². The summed E-state index contributed by atoms with van der Waals surface area (Å²) in [7, 11) is 0. The van der Waals surface area contributed by atoms with Gasteiger partial charge < -0.3 is 10.3 Å². The fraction of sp³-hybridized carbons (Fsp3) is 0.417. The Bertz CT molecular complexity index is 524. The summed E-state index contributed by atoms with van der Waals surface area (Å²) in [6.45, 7) is 2.17. The Morgan fingerprint density at radius 2 is 2.29 bits per heavy atom. The average molecular weight is 270 g/mol. The maximum absolute atomic E-state index is 6.01. The highest BCUT2D eigenvalue weighted by Gasteiger charge is 2.15. The van der Waals surface area contributed by atoms with Gasteiger partial charge in [-0.05, 0) is 30.9 Å². The smallest absolute Gasteiger partial charge is 0.201 e. The molecule has 0 radical (unpaired) electrons. The minimum absolute atomic E-state index is 0.385. The van der Waals surface area contributed by atoms with Crippen molar-refractivity contribution in [1.29, 1.82) is 0 Å². The predicted octanol–water partition coefficient (Wildman–Crippen LogP) is 3.59. The lowest BCUT2D eigenvalue weighted by Crippen LogP contribution is -2.13. The number of imidazole rings is 1. The van der Waals surface area contributed by atoms with Gasteiger partial charge in [-0.2, -0.15) is 11.8 Å². The lowest BCUT2D eigenvalue weighted by molar-refractivity contribution is 0.561. The molecule has 1 aromatic carbocycles. The summed E-state index contributed by atoms with van der Waals surface area (Å²) in [6, 6.07) is 6.11. The molecule has 1 unspecified atom stereocenters. The maximum atomic E-state index is 6.01. The van der Waals surface area contributed by atoms with Gasteiger partial charge in [-0.3, -0.25) is 0 Å². The summed E-state index contributed by atoms with van der Waals surface area (Å²) in [5.74, 6) is 1.61. The van der Waals surface area contributed by atoms with Crippen LogP contribution in [0.1, 0.15) is 19.4 Å².